The molecule has 2 aromatic carbocycles. The van der Waals surface area contributed by atoms with E-state index in [-0.39, 0.29) is 24.9 Å². The summed E-state index contributed by atoms with van der Waals surface area (Å²) in [5.41, 5.74) is 0.821. The highest BCUT2D eigenvalue weighted by molar-refractivity contribution is 6.06. The summed E-state index contributed by atoms with van der Waals surface area (Å²) in [6.45, 7) is 1.53. The van der Waals surface area contributed by atoms with Gasteiger partial charge >= 0.3 is 0 Å². The zero-order valence-electron chi connectivity index (χ0n) is 12.9. The van der Waals surface area contributed by atoms with Gasteiger partial charge in [0, 0.05) is 31.0 Å². The minimum absolute atomic E-state index is 0.0734. The largest absolute Gasteiger partial charge is 0.461 e. The van der Waals surface area contributed by atoms with Crippen LogP contribution in [0.3, 0.4) is 0 Å². The molecular formula is C19H19NO3. The van der Waals surface area contributed by atoms with E-state index in [4.69, 9.17) is 4.42 Å². The Morgan fingerprint density at radius 3 is 2.91 bits per heavy atom. The fraction of sp³-hybridized carbons (Fsp3) is 0.316. The highest BCUT2D eigenvalue weighted by Crippen LogP contribution is 2.28. The lowest BCUT2D eigenvalue weighted by molar-refractivity contribution is -0.129. The topological polar surface area (TPSA) is 53.7 Å². The molecule has 0 spiro atoms. The third-order valence-corrected chi connectivity index (χ3v) is 4.70. The van der Waals surface area contributed by atoms with Gasteiger partial charge in [0.25, 0.3) is 0 Å². The van der Waals surface area contributed by atoms with E-state index >= 15 is 0 Å². The molecule has 0 radical (unpaired) electrons. The van der Waals surface area contributed by atoms with Crippen LogP contribution in [0.25, 0.3) is 21.7 Å². The molecule has 0 saturated carbocycles. The highest BCUT2D eigenvalue weighted by Gasteiger charge is 2.26. The van der Waals surface area contributed by atoms with E-state index in [0.29, 0.717) is 12.3 Å². The van der Waals surface area contributed by atoms with E-state index in [2.05, 4.69) is 12.1 Å². The minimum atomic E-state index is 0.0734. The number of hydrogen-bond donors (Lipinski definition) is 1. The van der Waals surface area contributed by atoms with E-state index in [1.165, 1.54) is 5.39 Å². The van der Waals surface area contributed by atoms with Crippen molar-refractivity contribution in [2.24, 2.45) is 5.92 Å². The summed E-state index contributed by atoms with van der Waals surface area (Å²) < 4.78 is 5.86. The number of furan rings is 1. The van der Waals surface area contributed by atoms with Gasteiger partial charge in [0.1, 0.15) is 11.3 Å². The molecule has 4 heteroatoms. The zero-order valence-corrected chi connectivity index (χ0v) is 12.9. The Balaban J connectivity index is 1.60. The number of rotatable bonds is 3. The lowest BCUT2D eigenvalue weighted by Gasteiger charge is -2.15. The Morgan fingerprint density at radius 2 is 2.09 bits per heavy atom. The Labute approximate surface area is 134 Å². The van der Waals surface area contributed by atoms with Gasteiger partial charge in [-0.1, -0.05) is 30.3 Å². The average Bonchev–Trinajstić information content (AvgIpc) is 3.21. The maximum Gasteiger partial charge on any atom is 0.230 e. The van der Waals surface area contributed by atoms with E-state index in [0.717, 1.165) is 29.3 Å². The predicted octanol–water partition coefficient (Wildman–Crippen LogP) is 2.97. The maximum absolute atomic E-state index is 12.4. The molecule has 1 unspecified atom stereocenters. The molecule has 1 saturated heterocycles. The van der Waals surface area contributed by atoms with Crippen LogP contribution in [0.2, 0.25) is 0 Å². The lowest BCUT2D eigenvalue weighted by atomic mass is 10.1. The zero-order chi connectivity index (χ0) is 15.8. The van der Waals surface area contributed by atoms with E-state index < -0.39 is 0 Å². The SMILES string of the molecule is O=C(Cc1cc2c(ccc3ccccc32)o1)N1CCC(CO)C1. The highest BCUT2D eigenvalue weighted by atomic mass is 16.3. The van der Waals surface area contributed by atoms with Gasteiger partial charge in [-0.2, -0.15) is 0 Å². The summed E-state index contributed by atoms with van der Waals surface area (Å²) in [6, 6.07) is 14.2. The average molecular weight is 309 g/mol. The second kappa shape index (κ2) is 5.70. The summed E-state index contributed by atoms with van der Waals surface area (Å²) in [5, 5.41) is 12.6. The summed E-state index contributed by atoms with van der Waals surface area (Å²) in [4.78, 5) is 14.2. The predicted molar refractivity (Wildman–Crippen MR) is 89.2 cm³/mol. The van der Waals surface area contributed by atoms with Gasteiger partial charge in [0.15, 0.2) is 0 Å². The van der Waals surface area contributed by atoms with Gasteiger partial charge in [-0.15, -0.1) is 0 Å². The van der Waals surface area contributed by atoms with Crippen LogP contribution in [-0.2, 0) is 11.2 Å². The summed E-state index contributed by atoms with van der Waals surface area (Å²) in [7, 11) is 0. The van der Waals surface area contributed by atoms with Crippen molar-refractivity contribution in [3.05, 3.63) is 48.2 Å². The van der Waals surface area contributed by atoms with Crippen LogP contribution in [0.1, 0.15) is 12.2 Å². The Bertz CT molecular complexity index is 867. The monoisotopic (exact) mass is 309 g/mol. The normalized spacial score (nSPS) is 18.1. The van der Waals surface area contributed by atoms with Crippen molar-refractivity contribution < 1.29 is 14.3 Å². The third kappa shape index (κ3) is 2.59. The van der Waals surface area contributed by atoms with Gasteiger partial charge in [-0.05, 0) is 29.3 Å². The Kier molecular flexibility index (Phi) is 3.54. The lowest BCUT2D eigenvalue weighted by Crippen LogP contribution is -2.30. The second-order valence-corrected chi connectivity index (χ2v) is 6.27. The number of likely N-dealkylation sites (tertiary alicyclic amines) is 1. The van der Waals surface area contributed by atoms with Crippen LogP contribution in [0, 0.1) is 5.92 Å². The van der Waals surface area contributed by atoms with Gasteiger partial charge in [0.05, 0.1) is 6.42 Å². The number of benzene rings is 2. The summed E-state index contributed by atoms with van der Waals surface area (Å²) in [6.07, 6.45) is 1.16. The van der Waals surface area contributed by atoms with Gasteiger partial charge in [0.2, 0.25) is 5.91 Å². The molecule has 1 aromatic heterocycles. The molecule has 1 aliphatic heterocycles. The molecule has 4 rings (SSSR count). The maximum atomic E-state index is 12.4. The molecule has 118 valence electrons. The van der Waals surface area contributed by atoms with Crippen LogP contribution in [0.4, 0.5) is 0 Å². The van der Waals surface area contributed by atoms with Crippen LogP contribution in [0.15, 0.2) is 46.9 Å². The number of carbonyl (C=O) groups is 1. The molecule has 1 N–H and O–H groups in total. The molecule has 3 aromatic rings. The molecule has 1 fully saturated rings. The fourth-order valence-corrected chi connectivity index (χ4v) is 3.40. The van der Waals surface area contributed by atoms with Crippen molar-refractivity contribution in [1.82, 2.24) is 4.90 Å². The summed E-state index contributed by atoms with van der Waals surface area (Å²) in [5.74, 6) is 0.997. The van der Waals surface area contributed by atoms with Crippen LogP contribution in [-0.4, -0.2) is 35.6 Å². The first kappa shape index (κ1) is 14.3. The summed E-state index contributed by atoms with van der Waals surface area (Å²) >= 11 is 0. The van der Waals surface area contributed by atoms with E-state index in [1.54, 1.807) is 0 Å². The van der Waals surface area contributed by atoms with Crippen molar-refractivity contribution in [3.63, 3.8) is 0 Å². The molecule has 0 aliphatic carbocycles. The number of carbonyl (C=O) groups excluding carboxylic acids is 1. The van der Waals surface area contributed by atoms with Gasteiger partial charge in [-0.3, -0.25) is 4.79 Å². The van der Waals surface area contributed by atoms with Gasteiger partial charge < -0.3 is 14.4 Å². The Hall–Kier alpha value is -2.33. The van der Waals surface area contributed by atoms with Crippen molar-refractivity contribution in [2.45, 2.75) is 12.8 Å². The molecule has 1 atom stereocenters. The van der Waals surface area contributed by atoms with Crippen LogP contribution < -0.4 is 0 Å². The molecule has 23 heavy (non-hydrogen) atoms. The second-order valence-electron chi connectivity index (χ2n) is 6.27. The Morgan fingerprint density at radius 1 is 1.22 bits per heavy atom. The molecular weight excluding hydrogens is 290 g/mol. The number of hydrogen-bond acceptors (Lipinski definition) is 3. The van der Waals surface area contributed by atoms with Crippen LogP contribution >= 0.6 is 0 Å². The molecule has 1 aliphatic rings. The minimum Gasteiger partial charge on any atom is -0.461 e. The number of fused-ring (bicyclic) bond motifs is 3. The van der Waals surface area contributed by atoms with Crippen molar-refractivity contribution >= 4 is 27.6 Å². The molecule has 0 bridgehead atoms. The van der Waals surface area contributed by atoms with Crippen molar-refractivity contribution in [3.8, 4) is 0 Å². The van der Waals surface area contributed by atoms with Crippen LogP contribution in [0.5, 0.6) is 0 Å². The first-order valence-corrected chi connectivity index (χ1v) is 8.03. The number of aliphatic hydroxyl groups excluding tert-OH is 1. The first-order chi connectivity index (χ1) is 11.2. The van der Waals surface area contributed by atoms with E-state index in [9.17, 15) is 9.90 Å². The number of aliphatic hydroxyl groups is 1. The molecule has 4 nitrogen and oxygen atoms in total. The van der Waals surface area contributed by atoms with E-state index in [1.807, 2.05) is 35.2 Å². The number of amides is 1. The first-order valence-electron chi connectivity index (χ1n) is 8.03. The van der Waals surface area contributed by atoms with Gasteiger partial charge in [-0.25, -0.2) is 0 Å². The fourth-order valence-electron chi connectivity index (χ4n) is 3.40. The third-order valence-electron chi connectivity index (χ3n) is 4.70. The standard InChI is InChI=1S/C19H19NO3/c21-12-13-7-8-20(11-13)19(22)10-15-9-17-16-4-2-1-3-14(16)5-6-18(17)23-15/h1-6,9,13,21H,7-8,10-12H2. The quantitative estimate of drug-likeness (QED) is 0.809. The van der Waals surface area contributed by atoms with Crippen molar-refractivity contribution in [1.29, 1.82) is 0 Å². The van der Waals surface area contributed by atoms with Crippen molar-refractivity contribution in [2.75, 3.05) is 19.7 Å². The molecule has 1 amide bonds. The molecule has 2 heterocycles. The number of nitrogens with zero attached hydrogens (tertiary/aromatic N) is 1. The smallest absolute Gasteiger partial charge is 0.230 e.